The first-order valence-corrected chi connectivity index (χ1v) is 3.02. The molecule has 0 heteroatoms. The third-order valence-corrected chi connectivity index (χ3v) is 1.55. The van der Waals surface area contributed by atoms with E-state index >= 15 is 0 Å². The SMILES string of the molecule is C[C]1CC[CH]CC1. The minimum Gasteiger partial charge on any atom is -0.0591 e. The van der Waals surface area contributed by atoms with Gasteiger partial charge in [0.15, 0.2) is 0 Å². The summed E-state index contributed by atoms with van der Waals surface area (Å²) in [6, 6.07) is 0. The minimum absolute atomic E-state index is 1.33. The fourth-order valence-corrected chi connectivity index (χ4v) is 0.966. The highest BCUT2D eigenvalue weighted by Gasteiger charge is 2.06. The zero-order valence-electron chi connectivity index (χ0n) is 4.91. The van der Waals surface area contributed by atoms with Crippen LogP contribution in [0.5, 0.6) is 0 Å². The molecule has 40 valence electrons. The monoisotopic (exact) mass is 96.1 g/mol. The van der Waals surface area contributed by atoms with Gasteiger partial charge in [0, 0.05) is 0 Å². The van der Waals surface area contributed by atoms with Gasteiger partial charge in [-0.2, -0.15) is 0 Å². The van der Waals surface area contributed by atoms with Crippen molar-refractivity contribution >= 4 is 0 Å². The highest BCUT2D eigenvalue weighted by molar-refractivity contribution is 4.92. The molecule has 0 spiro atoms. The average Bonchev–Trinajstić information content (AvgIpc) is 1.69. The zero-order chi connectivity index (χ0) is 5.11. The van der Waals surface area contributed by atoms with Crippen molar-refractivity contribution in [3.8, 4) is 0 Å². The van der Waals surface area contributed by atoms with Gasteiger partial charge >= 0.3 is 0 Å². The molecule has 1 aliphatic carbocycles. The predicted octanol–water partition coefficient (Wildman–Crippen LogP) is 2.36. The van der Waals surface area contributed by atoms with E-state index in [1.165, 1.54) is 25.7 Å². The van der Waals surface area contributed by atoms with E-state index in [0.29, 0.717) is 0 Å². The van der Waals surface area contributed by atoms with Crippen LogP contribution in [-0.4, -0.2) is 0 Å². The van der Waals surface area contributed by atoms with Crippen molar-refractivity contribution in [2.24, 2.45) is 0 Å². The average molecular weight is 96.2 g/mol. The first-order chi connectivity index (χ1) is 3.39. The Morgan fingerprint density at radius 1 is 1.29 bits per heavy atom. The minimum atomic E-state index is 1.33. The Labute approximate surface area is 45.9 Å². The van der Waals surface area contributed by atoms with Crippen LogP contribution < -0.4 is 0 Å². The van der Waals surface area contributed by atoms with Crippen LogP contribution in [0, 0.1) is 12.3 Å². The molecule has 1 aliphatic rings. The molecule has 0 aromatic heterocycles. The van der Waals surface area contributed by atoms with Crippen LogP contribution in [0.4, 0.5) is 0 Å². The van der Waals surface area contributed by atoms with Crippen LogP contribution in [0.1, 0.15) is 32.6 Å². The van der Waals surface area contributed by atoms with Gasteiger partial charge in [0.1, 0.15) is 0 Å². The Morgan fingerprint density at radius 3 is 2.14 bits per heavy atom. The van der Waals surface area contributed by atoms with Crippen LogP contribution in [0.2, 0.25) is 0 Å². The molecule has 0 atom stereocenters. The summed E-state index contributed by atoms with van der Waals surface area (Å²) < 4.78 is 0. The second-order valence-electron chi connectivity index (χ2n) is 2.32. The molecular weight excluding hydrogens is 84.1 g/mol. The Kier molecular flexibility index (Phi) is 1.72. The summed E-state index contributed by atoms with van der Waals surface area (Å²) in [4.78, 5) is 0. The number of hydrogen-bond donors (Lipinski definition) is 0. The second kappa shape index (κ2) is 2.34. The third kappa shape index (κ3) is 1.50. The molecule has 0 bridgehead atoms. The summed E-state index contributed by atoms with van der Waals surface area (Å²) in [5.74, 6) is 1.68. The zero-order valence-corrected chi connectivity index (χ0v) is 4.91. The Bertz CT molecular complexity index is 42.0. The molecule has 1 rings (SSSR count). The van der Waals surface area contributed by atoms with Crippen molar-refractivity contribution in [1.29, 1.82) is 0 Å². The van der Waals surface area contributed by atoms with Gasteiger partial charge in [-0.05, 0) is 38.0 Å². The second-order valence-corrected chi connectivity index (χ2v) is 2.32. The van der Waals surface area contributed by atoms with Crippen LogP contribution in [0.15, 0.2) is 0 Å². The van der Waals surface area contributed by atoms with E-state index in [2.05, 4.69) is 13.3 Å². The quantitative estimate of drug-likeness (QED) is 0.434. The van der Waals surface area contributed by atoms with Crippen molar-refractivity contribution in [1.82, 2.24) is 0 Å². The molecule has 2 radical (unpaired) electrons. The maximum Gasteiger partial charge on any atom is -0.0272 e. The van der Waals surface area contributed by atoms with Crippen molar-refractivity contribution in [3.63, 3.8) is 0 Å². The molecule has 0 unspecified atom stereocenters. The highest BCUT2D eigenvalue weighted by Crippen LogP contribution is 2.23. The van der Waals surface area contributed by atoms with E-state index in [9.17, 15) is 0 Å². The van der Waals surface area contributed by atoms with Crippen molar-refractivity contribution < 1.29 is 0 Å². The summed E-state index contributed by atoms with van der Waals surface area (Å²) in [6.45, 7) is 2.26. The fraction of sp³-hybridized carbons (Fsp3) is 0.714. The molecule has 0 aromatic rings. The van der Waals surface area contributed by atoms with Gasteiger partial charge in [-0.3, -0.25) is 0 Å². The fourth-order valence-electron chi connectivity index (χ4n) is 0.966. The third-order valence-electron chi connectivity index (χ3n) is 1.55. The molecule has 7 heavy (non-hydrogen) atoms. The number of rotatable bonds is 0. The van der Waals surface area contributed by atoms with Crippen LogP contribution in [0.3, 0.4) is 0 Å². The molecule has 0 N–H and O–H groups in total. The van der Waals surface area contributed by atoms with E-state index in [-0.39, 0.29) is 0 Å². The van der Waals surface area contributed by atoms with Crippen molar-refractivity contribution in [2.75, 3.05) is 0 Å². The van der Waals surface area contributed by atoms with E-state index in [1.54, 1.807) is 5.92 Å². The van der Waals surface area contributed by atoms with Gasteiger partial charge in [0.25, 0.3) is 0 Å². The summed E-state index contributed by atoms with van der Waals surface area (Å²) in [5, 5.41) is 0. The van der Waals surface area contributed by atoms with Gasteiger partial charge < -0.3 is 0 Å². The molecule has 0 saturated heterocycles. The standard InChI is InChI=1S/C7H12/c1-7-5-3-2-4-6-7/h2H,3-6H2,1H3. The van der Waals surface area contributed by atoms with Gasteiger partial charge in [0.2, 0.25) is 0 Å². The van der Waals surface area contributed by atoms with E-state index in [4.69, 9.17) is 0 Å². The summed E-state index contributed by atoms with van der Waals surface area (Å²) >= 11 is 0. The summed E-state index contributed by atoms with van der Waals surface area (Å²) in [6.07, 6.45) is 7.73. The lowest BCUT2D eigenvalue weighted by molar-refractivity contribution is 0.634. The largest absolute Gasteiger partial charge is 0.0591 e. The molecular formula is C7H12. The van der Waals surface area contributed by atoms with Crippen LogP contribution >= 0.6 is 0 Å². The van der Waals surface area contributed by atoms with Gasteiger partial charge in [0.05, 0.1) is 0 Å². The Balaban J connectivity index is 2.12. The molecule has 0 nitrogen and oxygen atoms in total. The molecule has 0 aliphatic heterocycles. The lowest BCUT2D eigenvalue weighted by Gasteiger charge is -2.14. The molecule has 0 amide bonds. The maximum atomic E-state index is 2.38. The van der Waals surface area contributed by atoms with E-state index in [1.807, 2.05) is 0 Å². The van der Waals surface area contributed by atoms with Crippen LogP contribution in [-0.2, 0) is 0 Å². The van der Waals surface area contributed by atoms with E-state index in [0.717, 1.165) is 0 Å². The van der Waals surface area contributed by atoms with Crippen molar-refractivity contribution in [3.05, 3.63) is 12.3 Å². The van der Waals surface area contributed by atoms with Gasteiger partial charge in [-0.1, -0.05) is 6.92 Å². The summed E-state index contributed by atoms with van der Waals surface area (Å²) in [5.41, 5.74) is 0. The van der Waals surface area contributed by atoms with Crippen molar-refractivity contribution in [2.45, 2.75) is 32.6 Å². The van der Waals surface area contributed by atoms with E-state index < -0.39 is 0 Å². The smallest absolute Gasteiger partial charge is 0.0272 e. The molecule has 1 fully saturated rings. The maximum absolute atomic E-state index is 2.38. The lowest BCUT2D eigenvalue weighted by atomic mass is 9.91. The summed E-state index contributed by atoms with van der Waals surface area (Å²) in [7, 11) is 0. The highest BCUT2D eigenvalue weighted by atomic mass is 14.1. The normalized spacial score (nSPS) is 25.3. The Hall–Kier alpha value is 0. The molecule has 0 aromatic carbocycles. The lowest BCUT2D eigenvalue weighted by Crippen LogP contribution is -1.98. The predicted molar refractivity (Wildman–Crippen MR) is 31.7 cm³/mol. The van der Waals surface area contributed by atoms with Crippen LogP contribution in [0.25, 0.3) is 0 Å². The molecule has 0 heterocycles. The Morgan fingerprint density at radius 2 is 1.86 bits per heavy atom. The number of hydrogen-bond acceptors (Lipinski definition) is 0. The van der Waals surface area contributed by atoms with Gasteiger partial charge in [-0.15, -0.1) is 0 Å². The van der Waals surface area contributed by atoms with Gasteiger partial charge in [-0.25, -0.2) is 0 Å². The first kappa shape index (κ1) is 5.14. The molecule has 1 saturated carbocycles. The topological polar surface area (TPSA) is 0 Å². The first-order valence-electron chi connectivity index (χ1n) is 3.02.